The number of hydrogen-bond acceptors (Lipinski definition) is 5. The molecule has 3 aromatic heterocycles. The molecule has 0 aliphatic heterocycles. The van der Waals surface area contributed by atoms with Crippen molar-refractivity contribution in [2.24, 2.45) is 5.73 Å². The molecule has 3 rings (SSSR count). The maximum absolute atomic E-state index is 9.38. The highest BCUT2D eigenvalue weighted by Crippen LogP contribution is 2.31. The molecule has 0 saturated carbocycles. The minimum atomic E-state index is 0.280. The fourth-order valence-electron chi connectivity index (χ4n) is 2.62. The van der Waals surface area contributed by atoms with Gasteiger partial charge in [0.15, 0.2) is 0 Å². The second kappa shape index (κ2) is 7.19. The topological polar surface area (TPSA) is 93.4 Å². The lowest BCUT2D eigenvalue weighted by Gasteiger charge is -2.10. The maximum Gasteiger partial charge on any atom is 0.103 e. The van der Waals surface area contributed by atoms with E-state index < -0.39 is 0 Å². The van der Waals surface area contributed by atoms with Crippen LogP contribution in [0.1, 0.15) is 31.3 Å². The lowest BCUT2D eigenvalue weighted by atomic mass is 9.98. The lowest BCUT2D eigenvalue weighted by molar-refractivity contribution is 0.532. The Morgan fingerprint density at radius 1 is 1.15 bits per heavy atom. The number of nitrogens with two attached hydrogens (primary N) is 1. The summed E-state index contributed by atoms with van der Waals surface area (Å²) in [5.41, 5.74) is 11.0. The number of allylic oxidation sites excluding steroid dienone is 1. The quantitative estimate of drug-likeness (QED) is 0.728. The van der Waals surface area contributed by atoms with Crippen LogP contribution in [0.15, 0.2) is 49.2 Å². The van der Waals surface area contributed by atoms with Crippen molar-refractivity contribution in [3.63, 3.8) is 0 Å². The van der Waals surface area contributed by atoms with Gasteiger partial charge in [-0.05, 0) is 32.9 Å². The van der Waals surface area contributed by atoms with Crippen molar-refractivity contribution in [2.45, 2.75) is 26.8 Å². The molecule has 0 spiro atoms. The van der Waals surface area contributed by atoms with Gasteiger partial charge < -0.3 is 5.73 Å². The molecular weight excluding hydrogens is 324 g/mol. The molecule has 2 N–H and O–H groups in total. The van der Waals surface area contributed by atoms with Gasteiger partial charge >= 0.3 is 0 Å². The first-order valence-electron chi connectivity index (χ1n) is 8.33. The smallest absolute Gasteiger partial charge is 0.103 e. The Labute approximate surface area is 152 Å². The highest BCUT2D eigenvalue weighted by molar-refractivity contribution is 5.86. The summed E-state index contributed by atoms with van der Waals surface area (Å²) in [5.74, 6) is 0. The van der Waals surface area contributed by atoms with E-state index >= 15 is 0 Å². The number of aromatic nitrogens is 4. The number of nitriles is 1. The minimum absolute atomic E-state index is 0.280. The van der Waals surface area contributed by atoms with E-state index in [2.05, 4.69) is 35.0 Å². The molecule has 26 heavy (non-hydrogen) atoms. The normalized spacial score (nSPS) is 11.6. The van der Waals surface area contributed by atoms with E-state index in [0.717, 1.165) is 27.9 Å². The molecule has 0 bridgehead atoms. The molecule has 3 aromatic rings. The number of aryl methyl sites for hydroxylation is 1. The molecule has 6 nitrogen and oxygen atoms in total. The minimum Gasteiger partial charge on any atom is -0.403 e. The van der Waals surface area contributed by atoms with Crippen LogP contribution in [-0.4, -0.2) is 19.7 Å². The highest BCUT2D eigenvalue weighted by Gasteiger charge is 2.14. The van der Waals surface area contributed by atoms with Crippen molar-refractivity contribution in [1.82, 2.24) is 19.7 Å². The summed E-state index contributed by atoms with van der Waals surface area (Å²) in [7, 11) is 0. The van der Waals surface area contributed by atoms with E-state index in [0.29, 0.717) is 11.3 Å². The van der Waals surface area contributed by atoms with E-state index in [1.165, 1.54) is 6.20 Å². The van der Waals surface area contributed by atoms with Gasteiger partial charge in [0.05, 0.1) is 17.5 Å². The van der Waals surface area contributed by atoms with Gasteiger partial charge in [0.25, 0.3) is 0 Å². The molecule has 6 heteroatoms. The molecule has 0 radical (unpaired) electrons. The van der Waals surface area contributed by atoms with Crippen molar-refractivity contribution >= 4 is 5.57 Å². The average Bonchev–Trinajstić information content (AvgIpc) is 3.14. The fraction of sp³-hybridized carbons (Fsp3) is 0.200. The van der Waals surface area contributed by atoms with Crippen molar-refractivity contribution in [2.75, 3.05) is 0 Å². The Morgan fingerprint density at radius 3 is 2.50 bits per heavy atom. The fourth-order valence-corrected chi connectivity index (χ4v) is 2.62. The van der Waals surface area contributed by atoms with Crippen LogP contribution in [-0.2, 0) is 0 Å². The van der Waals surface area contributed by atoms with Crippen molar-refractivity contribution < 1.29 is 0 Å². The van der Waals surface area contributed by atoms with E-state index in [1.54, 1.807) is 12.4 Å². The number of rotatable bonds is 4. The predicted octanol–water partition coefficient (Wildman–Crippen LogP) is 3.72. The molecule has 130 valence electrons. The largest absolute Gasteiger partial charge is 0.403 e. The molecular formula is C20H20N6. The monoisotopic (exact) mass is 344 g/mol. The van der Waals surface area contributed by atoms with Crippen LogP contribution in [0.3, 0.4) is 0 Å². The van der Waals surface area contributed by atoms with Crippen LogP contribution in [0.25, 0.3) is 27.8 Å². The molecule has 0 saturated heterocycles. The van der Waals surface area contributed by atoms with Crippen LogP contribution in [0, 0.1) is 18.3 Å². The summed E-state index contributed by atoms with van der Waals surface area (Å²) in [6.45, 7) is 6.08. The van der Waals surface area contributed by atoms with E-state index in [1.807, 2.05) is 42.2 Å². The second-order valence-electron chi connectivity index (χ2n) is 6.30. The van der Waals surface area contributed by atoms with Gasteiger partial charge in [-0.1, -0.05) is 6.07 Å². The van der Waals surface area contributed by atoms with E-state index in [-0.39, 0.29) is 6.04 Å². The second-order valence-corrected chi connectivity index (χ2v) is 6.30. The molecule has 0 unspecified atom stereocenters. The Kier molecular flexibility index (Phi) is 4.81. The number of pyridine rings is 2. The molecule has 0 amide bonds. The third kappa shape index (κ3) is 3.33. The Bertz CT molecular complexity index is 990. The Hall–Kier alpha value is -3.46. The van der Waals surface area contributed by atoms with Crippen molar-refractivity contribution in [3.8, 4) is 28.3 Å². The summed E-state index contributed by atoms with van der Waals surface area (Å²) in [4.78, 5) is 8.87. The first-order valence-corrected chi connectivity index (χ1v) is 8.33. The van der Waals surface area contributed by atoms with Crippen molar-refractivity contribution in [3.05, 3.63) is 60.6 Å². The lowest BCUT2D eigenvalue weighted by Crippen LogP contribution is -1.99. The van der Waals surface area contributed by atoms with E-state index in [4.69, 9.17) is 5.73 Å². The summed E-state index contributed by atoms with van der Waals surface area (Å²) in [5, 5.41) is 13.8. The van der Waals surface area contributed by atoms with Gasteiger partial charge in [0.1, 0.15) is 6.07 Å². The van der Waals surface area contributed by atoms with Crippen LogP contribution in [0.4, 0.5) is 0 Å². The highest BCUT2D eigenvalue weighted by atomic mass is 15.3. The molecule has 0 fully saturated rings. The zero-order valence-corrected chi connectivity index (χ0v) is 15.0. The third-order valence-corrected chi connectivity index (χ3v) is 4.12. The maximum atomic E-state index is 9.38. The van der Waals surface area contributed by atoms with Gasteiger partial charge in [0, 0.05) is 58.8 Å². The standard InChI is InChI=1S/C20H20N6/c1-13(2)26-12-18(11-25-26)16-6-19(15-5-4-14(3)23-9-15)20(24-10-16)17(7-21)8-22/h4-7,9-13H,21H2,1-3H3/b17-7-. The first kappa shape index (κ1) is 17.4. The number of nitrogens with zero attached hydrogens (tertiary/aromatic N) is 5. The predicted molar refractivity (Wildman–Crippen MR) is 102 cm³/mol. The molecule has 3 heterocycles. The molecule has 0 aliphatic rings. The summed E-state index contributed by atoms with van der Waals surface area (Å²) in [6, 6.07) is 8.28. The summed E-state index contributed by atoms with van der Waals surface area (Å²) < 4.78 is 1.90. The summed E-state index contributed by atoms with van der Waals surface area (Å²) in [6.07, 6.45) is 8.61. The van der Waals surface area contributed by atoms with Gasteiger partial charge in [-0.2, -0.15) is 10.4 Å². The SMILES string of the molecule is Cc1ccc(-c2cc(-c3cnn(C(C)C)c3)cnc2/C(C#N)=C\N)cn1. The van der Waals surface area contributed by atoms with Crippen molar-refractivity contribution in [1.29, 1.82) is 5.26 Å². The molecule has 0 aromatic carbocycles. The van der Waals surface area contributed by atoms with Gasteiger partial charge in [0.2, 0.25) is 0 Å². The van der Waals surface area contributed by atoms with Crippen LogP contribution in [0.2, 0.25) is 0 Å². The van der Waals surface area contributed by atoms with E-state index in [9.17, 15) is 5.26 Å². The summed E-state index contributed by atoms with van der Waals surface area (Å²) >= 11 is 0. The zero-order chi connectivity index (χ0) is 18.7. The first-order chi connectivity index (χ1) is 12.5. The molecule has 0 atom stereocenters. The third-order valence-electron chi connectivity index (χ3n) is 4.12. The van der Waals surface area contributed by atoms with Gasteiger partial charge in [-0.3, -0.25) is 14.6 Å². The van der Waals surface area contributed by atoms with Gasteiger partial charge in [-0.25, -0.2) is 0 Å². The Morgan fingerprint density at radius 2 is 1.92 bits per heavy atom. The van der Waals surface area contributed by atoms with Crippen LogP contribution in [0.5, 0.6) is 0 Å². The molecule has 0 aliphatic carbocycles. The number of hydrogen-bond donors (Lipinski definition) is 1. The average molecular weight is 344 g/mol. The van der Waals surface area contributed by atoms with Crippen LogP contribution >= 0.6 is 0 Å². The van der Waals surface area contributed by atoms with Gasteiger partial charge in [-0.15, -0.1) is 0 Å². The zero-order valence-electron chi connectivity index (χ0n) is 15.0. The van der Waals surface area contributed by atoms with Crippen LogP contribution < -0.4 is 5.73 Å². The Balaban J connectivity index is 2.16.